The van der Waals surface area contributed by atoms with Crippen LogP contribution in [0.3, 0.4) is 0 Å². The van der Waals surface area contributed by atoms with Crippen molar-refractivity contribution in [3.8, 4) is 0 Å². The highest BCUT2D eigenvalue weighted by atomic mass is 32.2. The highest BCUT2D eigenvalue weighted by Gasteiger charge is 2.23. The molecule has 2 aromatic heterocycles. The number of nitrogens with zero attached hydrogens (tertiary/aromatic N) is 2. The van der Waals surface area contributed by atoms with Crippen LogP contribution >= 0.6 is 0 Å². The molecule has 12 heteroatoms. The third-order valence-corrected chi connectivity index (χ3v) is 5.96. The molecule has 0 spiro atoms. The molecule has 0 atom stereocenters. The van der Waals surface area contributed by atoms with Crippen molar-refractivity contribution in [1.82, 2.24) is 14.9 Å². The normalized spacial score (nSPS) is 11.4. The van der Waals surface area contributed by atoms with E-state index >= 15 is 0 Å². The minimum Gasteiger partial charge on any atom is -0.345 e. The highest BCUT2D eigenvalue weighted by molar-refractivity contribution is 7.92. The van der Waals surface area contributed by atoms with Crippen LogP contribution in [0.25, 0.3) is 11.0 Å². The number of amides is 2. The van der Waals surface area contributed by atoms with E-state index in [1.165, 1.54) is 23.4 Å². The Bertz CT molecular complexity index is 1300. The number of halogens is 2. The van der Waals surface area contributed by atoms with E-state index in [-0.39, 0.29) is 17.3 Å². The van der Waals surface area contributed by atoms with Gasteiger partial charge in [-0.1, -0.05) is 6.92 Å². The van der Waals surface area contributed by atoms with Gasteiger partial charge in [0, 0.05) is 25.7 Å². The predicted molar refractivity (Wildman–Crippen MR) is 116 cm³/mol. The molecular weight excluding hydrogens is 444 g/mol. The summed E-state index contributed by atoms with van der Waals surface area (Å²) in [5.41, 5.74) is -0.717. The molecule has 0 saturated heterocycles. The lowest BCUT2D eigenvalue weighted by atomic mass is 10.1. The molecule has 0 fully saturated rings. The molecule has 32 heavy (non-hydrogen) atoms. The van der Waals surface area contributed by atoms with Gasteiger partial charge in [0.1, 0.15) is 17.0 Å². The van der Waals surface area contributed by atoms with E-state index in [1.54, 1.807) is 21.0 Å². The quantitative estimate of drug-likeness (QED) is 0.495. The van der Waals surface area contributed by atoms with Gasteiger partial charge in [0.05, 0.1) is 28.9 Å². The lowest BCUT2D eigenvalue weighted by molar-refractivity contribution is 0.0829. The first-order chi connectivity index (χ1) is 15.0. The van der Waals surface area contributed by atoms with E-state index in [1.807, 2.05) is 4.72 Å². The van der Waals surface area contributed by atoms with Gasteiger partial charge in [-0.25, -0.2) is 22.2 Å². The zero-order chi connectivity index (χ0) is 23.6. The summed E-state index contributed by atoms with van der Waals surface area (Å²) in [6, 6.07) is 3.14. The second kappa shape index (κ2) is 8.91. The number of carbonyl (C=O) groups excluding carboxylic acids is 2. The van der Waals surface area contributed by atoms with E-state index in [2.05, 4.69) is 15.3 Å². The van der Waals surface area contributed by atoms with Gasteiger partial charge in [-0.2, -0.15) is 0 Å². The number of aromatic amines is 1. The maximum absolute atomic E-state index is 14.8. The van der Waals surface area contributed by atoms with Gasteiger partial charge in [-0.05, 0) is 24.6 Å². The smallest absolute Gasteiger partial charge is 0.261 e. The number of anilines is 2. The molecule has 9 nitrogen and oxygen atoms in total. The summed E-state index contributed by atoms with van der Waals surface area (Å²) < 4.78 is 55.0. The van der Waals surface area contributed by atoms with Crippen LogP contribution in [0.2, 0.25) is 0 Å². The van der Waals surface area contributed by atoms with E-state index in [0.717, 1.165) is 12.1 Å². The number of H-pyrrole nitrogens is 1. The van der Waals surface area contributed by atoms with Crippen molar-refractivity contribution < 1.29 is 26.8 Å². The topological polar surface area (TPSA) is 124 Å². The van der Waals surface area contributed by atoms with Crippen molar-refractivity contribution in [2.75, 3.05) is 29.9 Å². The van der Waals surface area contributed by atoms with Crippen LogP contribution in [0, 0.1) is 11.6 Å². The van der Waals surface area contributed by atoms with Crippen LogP contribution in [0.15, 0.2) is 30.6 Å². The predicted octanol–water partition coefficient (Wildman–Crippen LogP) is 2.95. The number of nitrogens with one attached hydrogen (secondary N) is 3. The summed E-state index contributed by atoms with van der Waals surface area (Å²) >= 11 is 0. The van der Waals surface area contributed by atoms with Gasteiger partial charge in [0.2, 0.25) is 10.0 Å². The third kappa shape index (κ3) is 4.69. The Hall–Kier alpha value is -3.54. The zero-order valence-electron chi connectivity index (χ0n) is 17.5. The molecule has 3 N–H and O–H groups in total. The summed E-state index contributed by atoms with van der Waals surface area (Å²) in [7, 11) is -0.699. The van der Waals surface area contributed by atoms with Crippen LogP contribution in [-0.2, 0) is 10.0 Å². The second-order valence-electron chi connectivity index (χ2n) is 7.18. The summed E-state index contributed by atoms with van der Waals surface area (Å²) in [6.45, 7) is 1.63. The van der Waals surface area contributed by atoms with Gasteiger partial charge >= 0.3 is 0 Å². The fraction of sp³-hybridized carbons (Fsp3) is 0.250. The van der Waals surface area contributed by atoms with E-state index in [9.17, 15) is 26.8 Å². The lowest BCUT2D eigenvalue weighted by Gasteiger charge is -2.12. The Kier molecular flexibility index (Phi) is 6.44. The maximum atomic E-state index is 14.8. The van der Waals surface area contributed by atoms with Crippen molar-refractivity contribution >= 4 is 44.2 Å². The van der Waals surface area contributed by atoms with E-state index in [0.29, 0.717) is 23.0 Å². The molecule has 2 amide bonds. The van der Waals surface area contributed by atoms with Crippen molar-refractivity contribution in [3.05, 3.63) is 53.4 Å². The van der Waals surface area contributed by atoms with Crippen molar-refractivity contribution in [2.45, 2.75) is 13.3 Å². The monoisotopic (exact) mass is 465 g/mol. The zero-order valence-corrected chi connectivity index (χ0v) is 18.3. The van der Waals surface area contributed by atoms with E-state index in [4.69, 9.17) is 0 Å². The number of benzene rings is 1. The molecule has 0 bridgehead atoms. The summed E-state index contributed by atoms with van der Waals surface area (Å²) in [5, 5.41) is 2.74. The van der Waals surface area contributed by atoms with Crippen LogP contribution in [0.5, 0.6) is 0 Å². The Morgan fingerprint density at radius 2 is 1.94 bits per heavy atom. The Labute approximate surface area is 182 Å². The molecule has 0 unspecified atom stereocenters. The minimum absolute atomic E-state index is 0.0886. The molecule has 2 heterocycles. The first-order valence-electron chi connectivity index (χ1n) is 9.52. The largest absolute Gasteiger partial charge is 0.345 e. The molecular formula is C20H21F2N5O4S. The minimum atomic E-state index is -3.85. The molecule has 0 aliphatic rings. The summed E-state index contributed by atoms with van der Waals surface area (Å²) in [4.78, 5) is 33.2. The number of fused-ring (bicyclic) bond motifs is 1. The number of rotatable bonds is 7. The van der Waals surface area contributed by atoms with Crippen LogP contribution in [0.1, 0.15) is 34.1 Å². The molecule has 0 aliphatic heterocycles. The number of pyridine rings is 1. The van der Waals surface area contributed by atoms with E-state index < -0.39 is 38.8 Å². The average Bonchev–Trinajstić information content (AvgIpc) is 3.12. The van der Waals surface area contributed by atoms with Gasteiger partial charge in [-0.15, -0.1) is 0 Å². The fourth-order valence-corrected chi connectivity index (χ4v) is 4.14. The summed E-state index contributed by atoms with van der Waals surface area (Å²) in [5.74, 6) is -4.22. The standard InChI is InChI=1S/C20H21F2N5O4S/c1-4-7-32(30,31)26-15-6-5-14(21)16(17(15)22)19(28)25-11-8-12-13(20(29)27(2)3)10-24-18(12)23-9-11/h5-6,8-10,26H,4,7H2,1-3H3,(H,23,24)(H,25,28). The van der Waals surface area contributed by atoms with Crippen LogP contribution in [0.4, 0.5) is 20.2 Å². The molecule has 0 radical (unpaired) electrons. The Balaban J connectivity index is 1.93. The van der Waals surface area contributed by atoms with Crippen molar-refractivity contribution in [2.24, 2.45) is 0 Å². The van der Waals surface area contributed by atoms with Gasteiger partial charge in [0.15, 0.2) is 5.82 Å². The molecule has 170 valence electrons. The van der Waals surface area contributed by atoms with Crippen molar-refractivity contribution in [3.63, 3.8) is 0 Å². The first kappa shape index (κ1) is 23.1. The molecule has 3 rings (SSSR count). The number of sulfonamides is 1. The number of hydrogen-bond donors (Lipinski definition) is 3. The van der Waals surface area contributed by atoms with Gasteiger partial charge in [-0.3, -0.25) is 14.3 Å². The fourth-order valence-electron chi connectivity index (χ4n) is 3.01. The summed E-state index contributed by atoms with van der Waals surface area (Å²) in [6.07, 6.45) is 3.01. The van der Waals surface area contributed by atoms with Crippen LogP contribution < -0.4 is 10.0 Å². The maximum Gasteiger partial charge on any atom is 0.261 e. The number of aromatic nitrogens is 2. The third-order valence-electron chi connectivity index (χ3n) is 4.48. The molecule has 0 saturated carbocycles. The van der Waals surface area contributed by atoms with Crippen LogP contribution in [-0.4, -0.2) is 54.9 Å². The number of carbonyl (C=O) groups is 2. The Morgan fingerprint density at radius 1 is 1.22 bits per heavy atom. The van der Waals surface area contributed by atoms with Gasteiger partial charge < -0.3 is 15.2 Å². The molecule has 1 aromatic carbocycles. The first-order valence-corrected chi connectivity index (χ1v) is 11.2. The lowest BCUT2D eigenvalue weighted by Crippen LogP contribution is -2.21. The highest BCUT2D eigenvalue weighted by Crippen LogP contribution is 2.25. The number of hydrogen-bond acceptors (Lipinski definition) is 5. The molecule has 0 aliphatic carbocycles. The van der Waals surface area contributed by atoms with Gasteiger partial charge in [0.25, 0.3) is 11.8 Å². The second-order valence-corrected chi connectivity index (χ2v) is 9.02. The Morgan fingerprint density at radius 3 is 2.59 bits per heavy atom. The molecule has 3 aromatic rings. The van der Waals surface area contributed by atoms with Crippen molar-refractivity contribution in [1.29, 1.82) is 0 Å². The average molecular weight is 465 g/mol. The SMILES string of the molecule is CCCS(=O)(=O)Nc1ccc(F)c(C(=O)Nc2cnc3[nH]cc(C(=O)N(C)C)c3c2)c1F.